The molecule has 0 fully saturated rings. The average Bonchev–Trinajstić information content (AvgIpc) is 2.94. The first kappa shape index (κ1) is 16.2. The second-order valence-electron chi connectivity index (χ2n) is 6.02. The van der Waals surface area contributed by atoms with Crippen LogP contribution in [0.4, 0.5) is 5.95 Å². The van der Waals surface area contributed by atoms with Crippen LogP contribution >= 0.6 is 0 Å². The van der Waals surface area contributed by atoms with E-state index in [2.05, 4.69) is 20.5 Å². The maximum Gasteiger partial charge on any atom is 0.281 e. The molecular weight excluding hydrogens is 306 g/mol. The summed E-state index contributed by atoms with van der Waals surface area (Å²) in [5, 5.41) is 12.0. The maximum atomic E-state index is 12.8. The third-order valence-electron chi connectivity index (χ3n) is 4.51. The van der Waals surface area contributed by atoms with Crippen LogP contribution < -0.4 is 10.9 Å². The lowest BCUT2D eigenvalue weighted by atomic mass is 10.2. The van der Waals surface area contributed by atoms with Crippen LogP contribution in [0.3, 0.4) is 0 Å². The molecule has 8 heteroatoms. The Morgan fingerprint density at radius 3 is 2.29 bits per heavy atom. The molecule has 0 atom stereocenters. The van der Waals surface area contributed by atoms with Gasteiger partial charge < -0.3 is 5.32 Å². The van der Waals surface area contributed by atoms with Gasteiger partial charge in [0.15, 0.2) is 5.52 Å². The van der Waals surface area contributed by atoms with Gasteiger partial charge in [0.05, 0.1) is 11.4 Å². The van der Waals surface area contributed by atoms with Gasteiger partial charge in [-0.1, -0.05) is 0 Å². The van der Waals surface area contributed by atoms with Crippen LogP contribution in [0.25, 0.3) is 11.0 Å². The summed E-state index contributed by atoms with van der Waals surface area (Å²) in [5.41, 5.74) is 5.06. The number of rotatable bonds is 4. The van der Waals surface area contributed by atoms with Gasteiger partial charge in [0.25, 0.3) is 5.56 Å². The Morgan fingerprint density at radius 2 is 1.71 bits per heavy atom. The van der Waals surface area contributed by atoms with Gasteiger partial charge in [0, 0.05) is 38.4 Å². The minimum atomic E-state index is -0.0762. The number of fused-ring (bicyclic) bond motifs is 1. The van der Waals surface area contributed by atoms with Gasteiger partial charge in [-0.25, -0.2) is 4.98 Å². The van der Waals surface area contributed by atoms with Crippen LogP contribution in [0.1, 0.15) is 29.6 Å². The Bertz CT molecular complexity index is 977. The highest BCUT2D eigenvalue weighted by atomic mass is 16.1. The van der Waals surface area contributed by atoms with Crippen molar-refractivity contribution in [2.24, 2.45) is 14.1 Å². The Hall–Kier alpha value is -2.64. The van der Waals surface area contributed by atoms with Crippen LogP contribution in [-0.2, 0) is 27.2 Å². The van der Waals surface area contributed by atoms with Gasteiger partial charge in [-0.3, -0.25) is 18.7 Å². The Kier molecular flexibility index (Phi) is 3.90. The van der Waals surface area contributed by atoms with E-state index in [4.69, 9.17) is 0 Å². The number of anilines is 1. The number of aromatic nitrogens is 6. The van der Waals surface area contributed by atoms with Crippen LogP contribution in [0.2, 0.25) is 0 Å². The molecule has 128 valence electrons. The highest BCUT2D eigenvalue weighted by molar-refractivity contribution is 5.77. The fourth-order valence-corrected chi connectivity index (χ4v) is 3.08. The summed E-state index contributed by atoms with van der Waals surface area (Å²) in [5.74, 6) is 0.564. The van der Waals surface area contributed by atoms with Gasteiger partial charge >= 0.3 is 0 Å². The van der Waals surface area contributed by atoms with Crippen LogP contribution in [0, 0.1) is 20.8 Å². The monoisotopic (exact) mass is 329 g/mol. The van der Waals surface area contributed by atoms with Gasteiger partial charge in [0.1, 0.15) is 5.52 Å². The molecule has 0 unspecified atom stereocenters. The lowest BCUT2D eigenvalue weighted by molar-refractivity contribution is 0.707. The standard InChI is InChI=1S/C16H23N7O/c1-7-23-15(24)14-13(10(3)20-22(14)6)18-16(23)17-8-12-9(2)19-21(5)11(12)4/h7-8H2,1-6H3,(H,17,18). The van der Waals surface area contributed by atoms with Gasteiger partial charge in [0.2, 0.25) is 5.95 Å². The van der Waals surface area contributed by atoms with E-state index < -0.39 is 0 Å². The Balaban J connectivity index is 2.06. The SMILES string of the molecule is CCn1c(NCc2c(C)nn(C)c2C)nc2c(C)nn(C)c2c1=O. The quantitative estimate of drug-likeness (QED) is 0.783. The molecule has 0 spiro atoms. The van der Waals surface area contributed by atoms with E-state index in [0.717, 1.165) is 22.6 Å². The number of nitrogens with one attached hydrogen (secondary N) is 1. The number of aryl methyl sites for hydroxylation is 4. The molecule has 3 aromatic rings. The molecule has 24 heavy (non-hydrogen) atoms. The summed E-state index contributed by atoms with van der Waals surface area (Å²) in [6.45, 7) is 8.93. The fourth-order valence-electron chi connectivity index (χ4n) is 3.08. The molecule has 0 aromatic carbocycles. The van der Waals surface area contributed by atoms with E-state index in [1.807, 2.05) is 39.4 Å². The van der Waals surface area contributed by atoms with Crippen LogP contribution in [0.5, 0.6) is 0 Å². The Morgan fingerprint density at radius 1 is 1.04 bits per heavy atom. The molecule has 0 saturated carbocycles. The second-order valence-corrected chi connectivity index (χ2v) is 6.02. The van der Waals surface area contributed by atoms with Crippen molar-refractivity contribution in [3.05, 3.63) is 33.0 Å². The second kappa shape index (κ2) is 5.77. The number of nitrogens with zero attached hydrogens (tertiary/aromatic N) is 6. The first-order chi connectivity index (χ1) is 11.3. The molecule has 3 rings (SSSR count). The number of hydrogen-bond donors (Lipinski definition) is 1. The van der Waals surface area contributed by atoms with E-state index in [-0.39, 0.29) is 5.56 Å². The van der Waals surface area contributed by atoms with Crippen molar-refractivity contribution in [1.29, 1.82) is 0 Å². The van der Waals surface area contributed by atoms with Crippen molar-refractivity contribution in [3.8, 4) is 0 Å². The summed E-state index contributed by atoms with van der Waals surface area (Å²) in [7, 11) is 3.70. The zero-order valence-electron chi connectivity index (χ0n) is 15.0. The summed E-state index contributed by atoms with van der Waals surface area (Å²) >= 11 is 0. The van der Waals surface area contributed by atoms with Crippen LogP contribution in [0.15, 0.2) is 4.79 Å². The first-order valence-corrected chi connectivity index (χ1v) is 8.02. The minimum Gasteiger partial charge on any atom is -0.351 e. The molecule has 3 heterocycles. The van der Waals surface area contributed by atoms with Crippen molar-refractivity contribution in [2.75, 3.05) is 5.32 Å². The molecular formula is C16H23N7O. The predicted molar refractivity (Wildman–Crippen MR) is 93.2 cm³/mol. The third-order valence-corrected chi connectivity index (χ3v) is 4.51. The highest BCUT2D eigenvalue weighted by Crippen LogP contribution is 2.17. The van der Waals surface area contributed by atoms with E-state index >= 15 is 0 Å². The van der Waals surface area contributed by atoms with E-state index in [9.17, 15) is 4.79 Å². The van der Waals surface area contributed by atoms with Crippen molar-refractivity contribution in [3.63, 3.8) is 0 Å². The van der Waals surface area contributed by atoms with Crippen molar-refractivity contribution in [1.82, 2.24) is 29.1 Å². The number of hydrogen-bond acceptors (Lipinski definition) is 5. The van der Waals surface area contributed by atoms with Gasteiger partial charge in [-0.15, -0.1) is 0 Å². The van der Waals surface area contributed by atoms with E-state index in [1.54, 1.807) is 16.3 Å². The summed E-state index contributed by atoms with van der Waals surface area (Å²) in [4.78, 5) is 17.4. The maximum absolute atomic E-state index is 12.8. The molecule has 0 bridgehead atoms. The lowest BCUT2D eigenvalue weighted by Gasteiger charge is -2.13. The zero-order valence-corrected chi connectivity index (χ0v) is 15.0. The van der Waals surface area contributed by atoms with Gasteiger partial charge in [-0.05, 0) is 27.7 Å². The first-order valence-electron chi connectivity index (χ1n) is 8.02. The van der Waals surface area contributed by atoms with E-state index in [1.165, 1.54) is 0 Å². The van der Waals surface area contributed by atoms with Crippen molar-refractivity contribution < 1.29 is 0 Å². The van der Waals surface area contributed by atoms with Crippen LogP contribution in [-0.4, -0.2) is 29.1 Å². The molecule has 0 saturated heterocycles. The average molecular weight is 329 g/mol. The molecule has 0 amide bonds. The molecule has 0 radical (unpaired) electrons. The molecule has 3 aromatic heterocycles. The van der Waals surface area contributed by atoms with Gasteiger partial charge in [-0.2, -0.15) is 10.2 Å². The summed E-state index contributed by atoms with van der Waals surface area (Å²) in [6.07, 6.45) is 0. The summed E-state index contributed by atoms with van der Waals surface area (Å²) < 4.78 is 5.11. The molecule has 0 aliphatic carbocycles. The topological polar surface area (TPSA) is 82.6 Å². The summed E-state index contributed by atoms with van der Waals surface area (Å²) in [6, 6.07) is 0. The molecule has 0 aliphatic rings. The largest absolute Gasteiger partial charge is 0.351 e. The molecule has 8 nitrogen and oxygen atoms in total. The fraction of sp³-hybridized carbons (Fsp3) is 0.500. The molecule has 0 aliphatic heterocycles. The van der Waals surface area contributed by atoms with Crippen molar-refractivity contribution >= 4 is 17.0 Å². The lowest BCUT2D eigenvalue weighted by Crippen LogP contribution is -2.25. The normalized spacial score (nSPS) is 11.4. The van der Waals surface area contributed by atoms with E-state index in [0.29, 0.717) is 30.1 Å². The zero-order chi connectivity index (χ0) is 17.6. The molecule has 1 N–H and O–H groups in total. The highest BCUT2D eigenvalue weighted by Gasteiger charge is 2.17. The smallest absolute Gasteiger partial charge is 0.281 e. The minimum absolute atomic E-state index is 0.0762. The Labute approximate surface area is 140 Å². The predicted octanol–water partition coefficient (Wildman–Crippen LogP) is 1.42. The van der Waals surface area contributed by atoms with Crippen molar-refractivity contribution in [2.45, 2.75) is 40.8 Å². The third kappa shape index (κ3) is 2.38.